The topological polar surface area (TPSA) is 58.2 Å². The zero-order chi connectivity index (χ0) is 14.5. The highest BCUT2D eigenvalue weighted by atomic mass is 79.9. The zero-order valence-corrected chi connectivity index (χ0v) is 13.1. The van der Waals surface area contributed by atoms with Crippen LogP contribution in [0.25, 0.3) is 0 Å². The van der Waals surface area contributed by atoms with Crippen LogP contribution in [0, 0.1) is 11.8 Å². The van der Waals surface area contributed by atoms with E-state index < -0.39 is 0 Å². The molecule has 1 saturated carbocycles. The second-order valence-electron chi connectivity index (χ2n) is 5.26. The van der Waals surface area contributed by atoms with Gasteiger partial charge in [-0.2, -0.15) is 0 Å². The summed E-state index contributed by atoms with van der Waals surface area (Å²) >= 11 is 3.37. The molecule has 1 aromatic rings. The fourth-order valence-corrected chi connectivity index (χ4v) is 2.27. The SMILES string of the molecule is C[C@H]1C[C@H]1C(=O)NCCC(=O)NCc1ccc(Br)cc1. The normalized spacial score (nSPS) is 20.3. The molecule has 1 aliphatic carbocycles. The van der Waals surface area contributed by atoms with Crippen molar-refractivity contribution in [2.45, 2.75) is 26.3 Å². The number of rotatable bonds is 6. The molecule has 1 fully saturated rings. The number of carbonyl (C=O) groups is 2. The molecule has 0 heterocycles. The molecule has 2 rings (SSSR count). The average molecular weight is 339 g/mol. The molecule has 0 aliphatic heterocycles. The highest BCUT2D eigenvalue weighted by Crippen LogP contribution is 2.37. The second-order valence-corrected chi connectivity index (χ2v) is 6.18. The van der Waals surface area contributed by atoms with Crippen LogP contribution in [-0.2, 0) is 16.1 Å². The molecule has 0 radical (unpaired) electrons. The minimum Gasteiger partial charge on any atom is -0.355 e. The maximum Gasteiger partial charge on any atom is 0.223 e. The van der Waals surface area contributed by atoms with E-state index in [-0.39, 0.29) is 17.7 Å². The Morgan fingerprint density at radius 3 is 2.50 bits per heavy atom. The van der Waals surface area contributed by atoms with Crippen molar-refractivity contribution in [3.05, 3.63) is 34.3 Å². The Labute approximate surface area is 127 Å². The van der Waals surface area contributed by atoms with Gasteiger partial charge in [-0.1, -0.05) is 35.0 Å². The van der Waals surface area contributed by atoms with E-state index in [0.29, 0.717) is 25.4 Å². The van der Waals surface area contributed by atoms with E-state index in [9.17, 15) is 9.59 Å². The van der Waals surface area contributed by atoms with Gasteiger partial charge in [0, 0.05) is 29.9 Å². The molecule has 108 valence electrons. The van der Waals surface area contributed by atoms with Crippen molar-refractivity contribution in [2.75, 3.05) is 6.54 Å². The number of nitrogens with one attached hydrogen (secondary N) is 2. The van der Waals surface area contributed by atoms with E-state index >= 15 is 0 Å². The van der Waals surface area contributed by atoms with E-state index in [1.807, 2.05) is 24.3 Å². The van der Waals surface area contributed by atoms with Crippen LogP contribution >= 0.6 is 15.9 Å². The van der Waals surface area contributed by atoms with Gasteiger partial charge in [-0.15, -0.1) is 0 Å². The number of hydrogen-bond acceptors (Lipinski definition) is 2. The van der Waals surface area contributed by atoms with Gasteiger partial charge >= 0.3 is 0 Å². The number of benzene rings is 1. The lowest BCUT2D eigenvalue weighted by atomic mass is 10.2. The van der Waals surface area contributed by atoms with E-state index in [2.05, 4.69) is 33.5 Å². The maximum absolute atomic E-state index is 11.6. The van der Waals surface area contributed by atoms with Gasteiger partial charge in [-0.3, -0.25) is 9.59 Å². The standard InChI is InChI=1S/C15H19BrN2O2/c1-10-8-13(10)15(20)17-7-6-14(19)18-9-11-2-4-12(16)5-3-11/h2-5,10,13H,6-9H2,1H3,(H,17,20)(H,18,19)/t10-,13+/m0/s1. The Bertz CT molecular complexity index is 487. The van der Waals surface area contributed by atoms with Crippen molar-refractivity contribution in [3.63, 3.8) is 0 Å². The summed E-state index contributed by atoms with van der Waals surface area (Å²) in [5.41, 5.74) is 1.05. The fraction of sp³-hybridized carbons (Fsp3) is 0.467. The highest BCUT2D eigenvalue weighted by Gasteiger charge is 2.38. The van der Waals surface area contributed by atoms with E-state index in [1.165, 1.54) is 0 Å². The lowest BCUT2D eigenvalue weighted by Gasteiger charge is -2.07. The lowest BCUT2D eigenvalue weighted by molar-refractivity contribution is -0.123. The van der Waals surface area contributed by atoms with Crippen LogP contribution in [0.2, 0.25) is 0 Å². The van der Waals surface area contributed by atoms with Crippen molar-refractivity contribution in [1.82, 2.24) is 10.6 Å². The molecule has 2 N–H and O–H groups in total. The second kappa shape index (κ2) is 6.88. The predicted molar refractivity (Wildman–Crippen MR) is 80.9 cm³/mol. The Hall–Kier alpha value is -1.36. The smallest absolute Gasteiger partial charge is 0.223 e. The van der Waals surface area contributed by atoms with Gasteiger partial charge in [0.2, 0.25) is 11.8 Å². The highest BCUT2D eigenvalue weighted by molar-refractivity contribution is 9.10. The van der Waals surface area contributed by atoms with Gasteiger partial charge in [-0.05, 0) is 30.0 Å². The molecule has 1 aliphatic rings. The van der Waals surface area contributed by atoms with Crippen LogP contribution in [0.1, 0.15) is 25.3 Å². The minimum atomic E-state index is -0.0444. The molecular formula is C15H19BrN2O2. The van der Waals surface area contributed by atoms with Crippen LogP contribution in [0.15, 0.2) is 28.7 Å². The quantitative estimate of drug-likeness (QED) is 0.835. The van der Waals surface area contributed by atoms with Crippen LogP contribution in [0.5, 0.6) is 0 Å². The summed E-state index contributed by atoms with van der Waals surface area (Å²) in [6.45, 7) is 2.99. The summed E-state index contributed by atoms with van der Waals surface area (Å²) in [6.07, 6.45) is 1.30. The van der Waals surface area contributed by atoms with Crippen molar-refractivity contribution in [2.24, 2.45) is 11.8 Å². The first-order valence-electron chi connectivity index (χ1n) is 6.85. The lowest BCUT2D eigenvalue weighted by Crippen LogP contribution is -2.31. The predicted octanol–water partition coefficient (Wildman–Crippen LogP) is 2.23. The summed E-state index contributed by atoms with van der Waals surface area (Å²) in [4.78, 5) is 23.2. The number of carbonyl (C=O) groups excluding carboxylic acids is 2. The zero-order valence-electron chi connectivity index (χ0n) is 11.5. The summed E-state index contributed by atoms with van der Waals surface area (Å²) < 4.78 is 1.02. The Morgan fingerprint density at radius 2 is 1.90 bits per heavy atom. The van der Waals surface area contributed by atoms with E-state index in [4.69, 9.17) is 0 Å². The first kappa shape index (κ1) is 15.0. The van der Waals surface area contributed by atoms with Crippen molar-refractivity contribution in [3.8, 4) is 0 Å². The van der Waals surface area contributed by atoms with Gasteiger partial charge < -0.3 is 10.6 Å². The van der Waals surface area contributed by atoms with Gasteiger partial charge in [0.15, 0.2) is 0 Å². The molecule has 0 unspecified atom stereocenters. The molecule has 0 spiro atoms. The summed E-state index contributed by atoms with van der Waals surface area (Å²) in [6, 6.07) is 7.80. The summed E-state index contributed by atoms with van der Waals surface area (Å²) in [5, 5.41) is 5.65. The van der Waals surface area contributed by atoms with Crippen molar-refractivity contribution in [1.29, 1.82) is 0 Å². The molecule has 4 nitrogen and oxygen atoms in total. The molecule has 0 saturated heterocycles. The molecule has 2 atom stereocenters. The monoisotopic (exact) mass is 338 g/mol. The molecule has 20 heavy (non-hydrogen) atoms. The fourth-order valence-electron chi connectivity index (χ4n) is 2.01. The van der Waals surface area contributed by atoms with Gasteiger partial charge in [-0.25, -0.2) is 0 Å². The molecule has 0 aromatic heterocycles. The average Bonchev–Trinajstić information content (AvgIpc) is 3.15. The Morgan fingerprint density at radius 1 is 1.25 bits per heavy atom. The third-order valence-electron chi connectivity index (χ3n) is 3.50. The first-order valence-corrected chi connectivity index (χ1v) is 7.64. The maximum atomic E-state index is 11.6. The van der Waals surface area contributed by atoms with Gasteiger partial charge in [0.1, 0.15) is 0 Å². The summed E-state index contributed by atoms with van der Waals surface area (Å²) in [7, 11) is 0. The van der Waals surface area contributed by atoms with E-state index in [0.717, 1.165) is 16.5 Å². The molecule has 0 bridgehead atoms. The molecule has 5 heteroatoms. The van der Waals surface area contributed by atoms with Crippen LogP contribution in [0.3, 0.4) is 0 Å². The third-order valence-corrected chi connectivity index (χ3v) is 4.03. The number of hydrogen-bond donors (Lipinski definition) is 2. The largest absolute Gasteiger partial charge is 0.355 e. The molecule has 1 aromatic carbocycles. The summed E-state index contributed by atoms with van der Waals surface area (Å²) in [5.74, 6) is 0.706. The number of amides is 2. The van der Waals surface area contributed by atoms with Crippen LogP contribution < -0.4 is 10.6 Å². The van der Waals surface area contributed by atoms with Crippen LogP contribution in [-0.4, -0.2) is 18.4 Å². The van der Waals surface area contributed by atoms with E-state index in [1.54, 1.807) is 0 Å². The minimum absolute atomic E-state index is 0.0444. The first-order chi connectivity index (χ1) is 9.56. The molecular weight excluding hydrogens is 320 g/mol. The number of halogens is 1. The Balaban J connectivity index is 1.60. The molecule has 2 amide bonds. The van der Waals surface area contributed by atoms with Crippen molar-refractivity contribution >= 4 is 27.7 Å². The van der Waals surface area contributed by atoms with Gasteiger partial charge in [0.05, 0.1) is 0 Å². The van der Waals surface area contributed by atoms with Crippen LogP contribution in [0.4, 0.5) is 0 Å². The third kappa shape index (κ3) is 4.63. The van der Waals surface area contributed by atoms with Gasteiger partial charge in [0.25, 0.3) is 0 Å². The Kier molecular flexibility index (Phi) is 5.17. The van der Waals surface area contributed by atoms with Crippen molar-refractivity contribution < 1.29 is 9.59 Å².